The summed E-state index contributed by atoms with van der Waals surface area (Å²) >= 11 is 5.91. The molecule has 96 valence electrons. The first-order chi connectivity index (χ1) is 8.74. The van der Waals surface area contributed by atoms with E-state index in [0.717, 1.165) is 17.3 Å². The summed E-state index contributed by atoms with van der Waals surface area (Å²) in [6.45, 7) is 2.20. The average Bonchev–Trinajstić information content (AvgIpc) is 2.98. The number of imidazole rings is 1. The molecule has 1 atom stereocenters. The van der Waals surface area contributed by atoms with Crippen LogP contribution in [-0.2, 0) is 0 Å². The third-order valence-electron chi connectivity index (χ3n) is 3.73. The molecule has 2 N–H and O–H groups in total. The normalized spacial score (nSPS) is 18.3. The summed E-state index contributed by atoms with van der Waals surface area (Å²) in [5.74, 6) is 1.47. The second kappa shape index (κ2) is 4.72. The highest BCUT2D eigenvalue weighted by molar-refractivity contribution is 6.28. The van der Waals surface area contributed by atoms with Gasteiger partial charge < -0.3 is 10.3 Å². The van der Waals surface area contributed by atoms with E-state index in [1.807, 2.05) is 0 Å². The molecule has 2 aromatic rings. The molecular formula is C12H16ClN5. The molecular weight excluding hydrogens is 250 g/mol. The highest BCUT2D eigenvalue weighted by Crippen LogP contribution is 2.30. The fourth-order valence-electron chi connectivity index (χ4n) is 2.70. The smallest absolute Gasteiger partial charge is 0.226 e. The molecule has 0 saturated heterocycles. The second-order valence-corrected chi connectivity index (χ2v) is 5.26. The van der Waals surface area contributed by atoms with Gasteiger partial charge in [-0.05, 0) is 37.3 Å². The first-order valence-electron chi connectivity index (χ1n) is 6.37. The SMILES string of the molecule is CC(Nc1nc(Cl)nc2nc[nH]c12)C1CCCC1. The molecule has 18 heavy (non-hydrogen) atoms. The number of aromatic amines is 1. The third-order valence-corrected chi connectivity index (χ3v) is 3.90. The molecule has 2 heterocycles. The van der Waals surface area contributed by atoms with E-state index in [4.69, 9.17) is 11.6 Å². The number of aromatic nitrogens is 4. The molecule has 0 aromatic carbocycles. The van der Waals surface area contributed by atoms with E-state index in [2.05, 4.69) is 32.2 Å². The van der Waals surface area contributed by atoms with Gasteiger partial charge in [-0.15, -0.1) is 0 Å². The van der Waals surface area contributed by atoms with Crippen LogP contribution < -0.4 is 5.32 Å². The Balaban J connectivity index is 1.86. The standard InChI is InChI=1S/C12H16ClN5/c1-7(8-4-2-3-5-8)16-11-9-10(15-6-14-9)17-12(13)18-11/h6-8H,2-5H2,1H3,(H2,14,15,16,17,18). The number of nitrogens with zero attached hydrogens (tertiary/aromatic N) is 3. The Kier molecular flexibility index (Phi) is 3.07. The molecule has 0 bridgehead atoms. The van der Waals surface area contributed by atoms with Crippen molar-refractivity contribution in [2.75, 3.05) is 5.32 Å². The number of rotatable bonds is 3. The third kappa shape index (κ3) is 2.14. The Labute approximate surface area is 110 Å². The lowest BCUT2D eigenvalue weighted by molar-refractivity contribution is 0.481. The molecule has 0 amide bonds. The summed E-state index contributed by atoms with van der Waals surface area (Å²) in [5.41, 5.74) is 1.43. The van der Waals surface area contributed by atoms with Crippen LogP contribution in [0.2, 0.25) is 5.28 Å². The fraction of sp³-hybridized carbons (Fsp3) is 0.583. The van der Waals surface area contributed by atoms with Crippen molar-refractivity contribution in [2.24, 2.45) is 5.92 Å². The van der Waals surface area contributed by atoms with Crippen molar-refractivity contribution in [3.63, 3.8) is 0 Å². The van der Waals surface area contributed by atoms with Gasteiger partial charge in [0.2, 0.25) is 5.28 Å². The number of halogens is 1. The average molecular weight is 266 g/mol. The van der Waals surface area contributed by atoms with Gasteiger partial charge in [0, 0.05) is 6.04 Å². The van der Waals surface area contributed by atoms with Crippen LogP contribution in [0.4, 0.5) is 5.82 Å². The zero-order valence-electron chi connectivity index (χ0n) is 10.3. The number of hydrogen-bond donors (Lipinski definition) is 2. The van der Waals surface area contributed by atoms with E-state index in [9.17, 15) is 0 Å². The minimum Gasteiger partial charge on any atom is -0.365 e. The lowest BCUT2D eigenvalue weighted by Crippen LogP contribution is -2.24. The number of H-pyrrole nitrogens is 1. The Morgan fingerprint density at radius 1 is 1.39 bits per heavy atom. The highest BCUT2D eigenvalue weighted by atomic mass is 35.5. The maximum Gasteiger partial charge on any atom is 0.226 e. The Morgan fingerprint density at radius 3 is 2.94 bits per heavy atom. The monoisotopic (exact) mass is 265 g/mol. The zero-order valence-corrected chi connectivity index (χ0v) is 11.0. The van der Waals surface area contributed by atoms with Crippen LogP contribution in [0.1, 0.15) is 32.6 Å². The van der Waals surface area contributed by atoms with Gasteiger partial charge in [0.15, 0.2) is 11.5 Å². The maximum absolute atomic E-state index is 5.91. The summed E-state index contributed by atoms with van der Waals surface area (Å²) < 4.78 is 0. The predicted molar refractivity (Wildman–Crippen MR) is 71.7 cm³/mol. The lowest BCUT2D eigenvalue weighted by Gasteiger charge is -2.21. The summed E-state index contributed by atoms with van der Waals surface area (Å²) in [5, 5.41) is 3.68. The molecule has 3 rings (SSSR count). The van der Waals surface area contributed by atoms with E-state index in [0.29, 0.717) is 11.7 Å². The van der Waals surface area contributed by atoms with Crippen molar-refractivity contribution in [1.29, 1.82) is 0 Å². The molecule has 0 aliphatic heterocycles. The lowest BCUT2D eigenvalue weighted by atomic mass is 10.00. The van der Waals surface area contributed by atoms with E-state index >= 15 is 0 Å². The Hall–Kier alpha value is -1.36. The summed E-state index contributed by atoms with van der Waals surface area (Å²) in [6, 6.07) is 0.393. The zero-order chi connectivity index (χ0) is 12.5. The van der Waals surface area contributed by atoms with Gasteiger partial charge in [0.05, 0.1) is 6.33 Å². The van der Waals surface area contributed by atoms with E-state index in [1.165, 1.54) is 25.7 Å². The fourth-order valence-corrected chi connectivity index (χ4v) is 2.87. The van der Waals surface area contributed by atoms with Crippen molar-refractivity contribution in [3.05, 3.63) is 11.6 Å². The van der Waals surface area contributed by atoms with Crippen molar-refractivity contribution in [1.82, 2.24) is 19.9 Å². The molecule has 0 radical (unpaired) electrons. The number of anilines is 1. The summed E-state index contributed by atoms with van der Waals surface area (Å²) in [4.78, 5) is 15.5. The topological polar surface area (TPSA) is 66.5 Å². The minimum atomic E-state index is 0.232. The second-order valence-electron chi connectivity index (χ2n) is 4.92. The van der Waals surface area contributed by atoms with Gasteiger partial charge in [0.1, 0.15) is 5.52 Å². The van der Waals surface area contributed by atoms with Gasteiger partial charge >= 0.3 is 0 Å². The van der Waals surface area contributed by atoms with Crippen molar-refractivity contribution >= 4 is 28.6 Å². The van der Waals surface area contributed by atoms with Crippen LogP contribution >= 0.6 is 11.6 Å². The largest absolute Gasteiger partial charge is 0.365 e. The van der Waals surface area contributed by atoms with Crippen molar-refractivity contribution in [2.45, 2.75) is 38.6 Å². The molecule has 0 spiro atoms. The molecule has 1 unspecified atom stereocenters. The van der Waals surface area contributed by atoms with E-state index in [1.54, 1.807) is 6.33 Å². The predicted octanol–water partition coefficient (Wildman–Crippen LogP) is 3.00. The first-order valence-corrected chi connectivity index (χ1v) is 6.75. The van der Waals surface area contributed by atoms with Gasteiger partial charge in [-0.25, -0.2) is 4.98 Å². The van der Waals surface area contributed by atoms with Crippen LogP contribution in [0.3, 0.4) is 0 Å². The number of fused-ring (bicyclic) bond motifs is 1. The van der Waals surface area contributed by atoms with Crippen LogP contribution in [0.25, 0.3) is 11.2 Å². The van der Waals surface area contributed by atoms with Crippen LogP contribution in [0.15, 0.2) is 6.33 Å². The molecule has 2 aromatic heterocycles. The quantitative estimate of drug-likeness (QED) is 0.838. The highest BCUT2D eigenvalue weighted by Gasteiger charge is 2.22. The Bertz CT molecular complexity index is 546. The van der Waals surface area contributed by atoms with Gasteiger partial charge in [-0.2, -0.15) is 9.97 Å². The van der Waals surface area contributed by atoms with E-state index < -0.39 is 0 Å². The number of nitrogens with one attached hydrogen (secondary N) is 2. The van der Waals surface area contributed by atoms with Crippen molar-refractivity contribution < 1.29 is 0 Å². The molecule has 6 heteroatoms. The van der Waals surface area contributed by atoms with Crippen molar-refractivity contribution in [3.8, 4) is 0 Å². The number of hydrogen-bond acceptors (Lipinski definition) is 4. The van der Waals surface area contributed by atoms with Gasteiger partial charge in [-0.1, -0.05) is 12.8 Å². The molecule has 1 saturated carbocycles. The van der Waals surface area contributed by atoms with Gasteiger partial charge in [0.25, 0.3) is 0 Å². The van der Waals surface area contributed by atoms with Crippen LogP contribution in [0.5, 0.6) is 0 Å². The minimum absolute atomic E-state index is 0.232. The molecule has 1 aliphatic rings. The van der Waals surface area contributed by atoms with E-state index in [-0.39, 0.29) is 5.28 Å². The molecule has 1 fully saturated rings. The molecule has 1 aliphatic carbocycles. The first kappa shape index (κ1) is 11.7. The maximum atomic E-state index is 5.91. The van der Waals surface area contributed by atoms with Crippen LogP contribution in [-0.4, -0.2) is 26.0 Å². The van der Waals surface area contributed by atoms with Gasteiger partial charge in [-0.3, -0.25) is 0 Å². The summed E-state index contributed by atoms with van der Waals surface area (Å²) in [6.07, 6.45) is 6.86. The van der Waals surface area contributed by atoms with Crippen LogP contribution in [0, 0.1) is 5.92 Å². The molecule has 5 nitrogen and oxygen atoms in total. The Morgan fingerprint density at radius 2 is 2.17 bits per heavy atom. The summed E-state index contributed by atoms with van der Waals surface area (Å²) in [7, 11) is 0.